The number of nitrogens with zero attached hydrogens (tertiary/aromatic N) is 1. The first kappa shape index (κ1) is 14.3. The zero-order valence-electron chi connectivity index (χ0n) is 11.2. The monoisotopic (exact) mass is 284 g/mol. The Kier molecular flexibility index (Phi) is 4.11. The van der Waals surface area contributed by atoms with Gasteiger partial charge in [0.1, 0.15) is 5.82 Å². The Morgan fingerprint density at radius 2 is 2.32 bits per heavy atom. The summed E-state index contributed by atoms with van der Waals surface area (Å²) < 4.78 is 13.7. The molecule has 104 valence electrons. The van der Waals surface area contributed by atoms with Crippen molar-refractivity contribution in [3.05, 3.63) is 34.6 Å². The number of rotatable bonds is 3. The molecule has 0 radical (unpaired) electrons. The van der Waals surface area contributed by atoms with E-state index >= 15 is 0 Å². The van der Waals surface area contributed by atoms with Crippen LogP contribution in [0.2, 0.25) is 5.02 Å². The molecule has 0 saturated carbocycles. The number of hydrogen-bond acceptors (Lipinski definition) is 2. The van der Waals surface area contributed by atoms with Crippen LogP contribution in [0, 0.1) is 11.2 Å². The summed E-state index contributed by atoms with van der Waals surface area (Å²) in [6.07, 6.45) is 0.807. The topological polar surface area (TPSA) is 32.3 Å². The molecule has 5 heteroatoms. The van der Waals surface area contributed by atoms with Gasteiger partial charge in [-0.05, 0) is 32.0 Å². The van der Waals surface area contributed by atoms with Gasteiger partial charge in [0.05, 0.1) is 5.41 Å². The van der Waals surface area contributed by atoms with Crippen molar-refractivity contribution in [1.82, 2.24) is 10.2 Å². The van der Waals surface area contributed by atoms with E-state index in [2.05, 4.69) is 5.32 Å². The maximum Gasteiger partial charge on any atom is 0.229 e. The molecule has 2 rings (SSSR count). The van der Waals surface area contributed by atoms with Crippen molar-refractivity contribution in [2.24, 2.45) is 5.41 Å². The summed E-state index contributed by atoms with van der Waals surface area (Å²) in [6.45, 7) is 3.65. The van der Waals surface area contributed by atoms with Gasteiger partial charge in [-0.3, -0.25) is 4.79 Å². The first-order chi connectivity index (χ1) is 8.94. The molecular formula is C14H18ClFN2O. The maximum atomic E-state index is 13.7. The van der Waals surface area contributed by atoms with E-state index in [-0.39, 0.29) is 18.3 Å². The molecule has 1 aromatic carbocycles. The van der Waals surface area contributed by atoms with E-state index in [1.807, 2.05) is 6.92 Å². The minimum atomic E-state index is -0.396. The first-order valence-electron chi connectivity index (χ1n) is 6.33. The Balaban J connectivity index is 2.13. The molecule has 1 amide bonds. The number of hydrogen-bond donors (Lipinski definition) is 1. The van der Waals surface area contributed by atoms with Gasteiger partial charge in [-0.1, -0.05) is 17.7 Å². The molecule has 1 saturated heterocycles. The third kappa shape index (κ3) is 2.90. The Hall–Kier alpha value is -1.13. The van der Waals surface area contributed by atoms with E-state index in [1.165, 1.54) is 6.07 Å². The van der Waals surface area contributed by atoms with Crippen LogP contribution in [0.25, 0.3) is 0 Å². The molecule has 0 aliphatic carbocycles. The van der Waals surface area contributed by atoms with Gasteiger partial charge in [0.2, 0.25) is 5.91 Å². The summed E-state index contributed by atoms with van der Waals surface area (Å²) in [4.78, 5) is 14.0. The molecule has 0 bridgehead atoms. The maximum absolute atomic E-state index is 13.7. The molecule has 0 aromatic heterocycles. The van der Waals surface area contributed by atoms with Crippen LogP contribution < -0.4 is 5.32 Å². The van der Waals surface area contributed by atoms with Crippen LogP contribution in [0.15, 0.2) is 18.2 Å². The van der Waals surface area contributed by atoms with Crippen LogP contribution in [0.3, 0.4) is 0 Å². The number of nitrogens with one attached hydrogen (secondary N) is 1. The molecule has 1 heterocycles. The van der Waals surface area contributed by atoms with E-state index in [0.29, 0.717) is 17.1 Å². The smallest absolute Gasteiger partial charge is 0.229 e. The number of carbonyl (C=O) groups excluding carboxylic acids is 1. The lowest BCUT2D eigenvalue weighted by atomic mass is 9.88. The summed E-state index contributed by atoms with van der Waals surface area (Å²) in [5.41, 5.74) is -0.0264. The van der Waals surface area contributed by atoms with E-state index < -0.39 is 5.41 Å². The summed E-state index contributed by atoms with van der Waals surface area (Å²) in [6, 6.07) is 4.56. The summed E-state index contributed by atoms with van der Waals surface area (Å²) >= 11 is 5.98. The molecule has 0 unspecified atom stereocenters. The largest absolute Gasteiger partial charge is 0.341 e. The summed E-state index contributed by atoms with van der Waals surface area (Å²) in [5.74, 6) is -0.348. The molecule has 1 N–H and O–H groups in total. The van der Waals surface area contributed by atoms with Gasteiger partial charge in [0.25, 0.3) is 0 Å². The minimum Gasteiger partial charge on any atom is -0.341 e. The van der Waals surface area contributed by atoms with Crippen LogP contribution in [0.4, 0.5) is 4.39 Å². The fourth-order valence-electron chi connectivity index (χ4n) is 2.45. The SMILES string of the molecule is CN(Cc1c(F)cccc1Cl)C(=O)[C@]1(C)CCNC1. The highest BCUT2D eigenvalue weighted by Crippen LogP contribution is 2.28. The fraction of sp³-hybridized carbons (Fsp3) is 0.500. The normalized spacial score (nSPS) is 22.5. The van der Waals surface area contributed by atoms with Crippen LogP contribution in [0.1, 0.15) is 18.9 Å². The van der Waals surface area contributed by atoms with Gasteiger partial charge in [-0.15, -0.1) is 0 Å². The Morgan fingerprint density at radius 3 is 2.89 bits per heavy atom. The average Bonchev–Trinajstić information content (AvgIpc) is 2.81. The zero-order valence-corrected chi connectivity index (χ0v) is 11.9. The number of benzene rings is 1. The molecule has 1 aromatic rings. The highest BCUT2D eigenvalue weighted by molar-refractivity contribution is 6.31. The molecule has 1 fully saturated rings. The van der Waals surface area contributed by atoms with Crippen molar-refractivity contribution in [3.63, 3.8) is 0 Å². The van der Waals surface area contributed by atoms with E-state index in [4.69, 9.17) is 11.6 Å². The predicted octanol–water partition coefficient (Wildman–Crippen LogP) is 2.44. The Morgan fingerprint density at radius 1 is 1.58 bits per heavy atom. The van der Waals surface area contributed by atoms with Crippen molar-refractivity contribution in [1.29, 1.82) is 0 Å². The Labute approximate surface area is 117 Å². The highest BCUT2D eigenvalue weighted by atomic mass is 35.5. The quantitative estimate of drug-likeness (QED) is 0.925. The second-order valence-corrected chi connectivity index (χ2v) is 5.76. The standard InChI is InChI=1S/C14H18ClFN2O/c1-14(6-7-17-9-14)13(19)18(2)8-10-11(15)4-3-5-12(10)16/h3-5,17H,6-9H2,1-2H3/t14-/m1/s1. The summed E-state index contributed by atoms with van der Waals surface area (Å²) in [7, 11) is 1.69. The second kappa shape index (κ2) is 5.47. The predicted molar refractivity (Wildman–Crippen MR) is 73.5 cm³/mol. The average molecular weight is 285 g/mol. The van der Waals surface area contributed by atoms with Crippen LogP contribution in [-0.2, 0) is 11.3 Å². The van der Waals surface area contributed by atoms with Gasteiger partial charge < -0.3 is 10.2 Å². The Bertz CT molecular complexity index is 466. The van der Waals surface area contributed by atoms with Gasteiger partial charge in [0.15, 0.2) is 0 Å². The lowest BCUT2D eigenvalue weighted by Crippen LogP contribution is -2.41. The lowest BCUT2D eigenvalue weighted by molar-refractivity contribution is -0.139. The van der Waals surface area contributed by atoms with Crippen LogP contribution >= 0.6 is 11.6 Å². The molecule has 1 aliphatic rings. The van der Waals surface area contributed by atoms with E-state index in [9.17, 15) is 9.18 Å². The van der Waals surface area contributed by atoms with Crippen LogP contribution in [-0.4, -0.2) is 30.9 Å². The number of amides is 1. The highest BCUT2D eigenvalue weighted by Gasteiger charge is 2.38. The van der Waals surface area contributed by atoms with Crippen molar-refractivity contribution in [2.45, 2.75) is 19.9 Å². The van der Waals surface area contributed by atoms with Crippen LogP contribution in [0.5, 0.6) is 0 Å². The fourth-order valence-corrected chi connectivity index (χ4v) is 2.68. The second-order valence-electron chi connectivity index (χ2n) is 5.35. The zero-order chi connectivity index (χ0) is 14.0. The minimum absolute atomic E-state index is 0.0248. The van der Waals surface area contributed by atoms with Gasteiger partial charge in [-0.2, -0.15) is 0 Å². The van der Waals surface area contributed by atoms with E-state index in [1.54, 1.807) is 24.1 Å². The van der Waals surface area contributed by atoms with Gasteiger partial charge in [0, 0.05) is 30.7 Å². The van der Waals surface area contributed by atoms with Crippen molar-refractivity contribution in [2.75, 3.05) is 20.1 Å². The molecule has 1 aliphatic heterocycles. The molecular weight excluding hydrogens is 267 g/mol. The molecule has 3 nitrogen and oxygen atoms in total. The summed E-state index contributed by atoms with van der Waals surface area (Å²) in [5, 5.41) is 3.54. The molecule has 0 spiro atoms. The molecule has 1 atom stereocenters. The van der Waals surface area contributed by atoms with Gasteiger partial charge in [-0.25, -0.2) is 4.39 Å². The van der Waals surface area contributed by atoms with Crippen molar-refractivity contribution in [3.8, 4) is 0 Å². The molecule has 19 heavy (non-hydrogen) atoms. The first-order valence-corrected chi connectivity index (χ1v) is 6.71. The van der Waals surface area contributed by atoms with Crippen molar-refractivity contribution >= 4 is 17.5 Å². The third-order valence-electron chi connectivity index (χ3n) is 3.69. The van der Waals surface area contributed by atoms with Crippen molar-refractivity contribution < 1.29 is 9.18 Å². The number of carbonyl (C=O) groups is 1. The lowest BCUT2D eigenvalue weighted by Gasteiger charge is -2.28. The number of halogens is 2. The van der Waals surface area contributed by atoms with Gasteiger partial charge >= 0.3 is 0 Å². The third-order valence-corrected chi connectivity index (χ3v) is 4.04. The van der Waals surface area contributed by atoms with E-state index in [0.717, 1.165) is 13.0 Å².